The molecule has 0 saturated carbocycles. The molecule has 1 aliphatic rings. The lowest BCUT2D eigenvalue weighted by Crippen LogP contribution is -2.48. The highest BCUT2D eigenvalue weighted by Gasteiger charge is 2.23. The average molecular weight is 261 g/mol. The van der Waals surface area contributed by atoms with Crippen molar-refractivity contribution in [3.05, 3.63) is 29.8 Å². The van der Waals surface area contributed by atoms with Crippen LogP contribution in [0.5, 0.6) is 0 Å². The number of aryl methyl sites for hydroxylation is 1. The quantitative estimate of drug-likeness (QED) is 0.869. The zero-order chi connectivity index (χ0) is 13.8. The Bertz CT molecular complexity index is 420. The lowest BCUT2D eigenvalue weighted by atomic mass is 9.97. The fourth-order valence-electron chi connectivity index (χ4n) is 2.68. The molecule has 2 unspecified atom stereocenters. The van der Waals surface area contributed by atoms with E-state index in [2.05, 4.69) is 17.1 Å². The number of benzene rings is 1. The minimum absolute atomic E-state index is 0.0325. The molecule has 19 heavy (non-hydrogen) atoms. The van der Waals surface area contributed by atoms with Crippen LogP contribution in [0.15, 0.2) is 24.3 Å². The standard InChI is InChI=1S/C15H23N3O/c1-11-3-5-14(6-4-11)17-15(19)10-18-8-12(2)7-13(16)9-18/h3-6,12-13H,7-10,16H2,1-2H3,(H,17,19). The van der Waals surface area contributed by atoms with Gasteiger partial charge in [0, 0.05) is 24.8 Å². The molecule has 0 bridgehead atoms. The van der Waals surface area contributed by atoms with Crippen LogP contribution in [0, 0.1) is 12.8 Å². The third-order valence-corrected chi connectivity index (χ3v) is 3.47. The molecule has 1 aromatic rings. The van der Waals surface area contributed by atoms with Gasteiger partial charge in [-0.15, -0.1) is 0 Å². The Labute approximate surface area is 115 Å². The zero-order valence-electron chi connectivity index (χ0n) is 11.7. The maximum Gasteiger partial charge on any atom is 0.238 e. The van der Waals surface area contributed by atoms with Gasteiger partial charge in [0.25, 0.3) is 0 Å². The number of hydrogen-bond donors (Lipinski definition) is 2. The van der Waals surface area contributed by atoms with E-state index in [1.165, 1.54) is 5.56 Å². The van der Waals surface area contributed by atoms with Crippen LogP contribution < -0.4 is 11.1 Å². The number of carbonyl (C=O) groups is 1. The van der Waals surface area contributed by atoms with E-state index in [4.69, 9.17) is 5.73 Å². The van der Waals surface area contributed by atoms with Crippen molar-refractivity contribution >= 4 is 11.6 Å². The van der Waals surface area contributed by atoms with Crippen LogP contribution in [0.25, 0.3) is 0 Å². The Hall–Kier alpha value is -1.39. The largest absolute Gasteiger partial charge is 0.327 e. The van der Waals surface area contributed by atoms with E-state index in [9.17, 15) is 4.79 Å². The first kappa shape index (κ1) is 14.0. The third-order valence-electron chi connectivity index (χ3n) is 3.47. The topological polar surface area (TPSA) is 58.4 Å². The van der Waals surface area contributed by atoms with E-state index in [0.717, 1.165) is 25.2 Å². The van der Waals surface area contributed by atoms with Gasteiger partial charge in [-0.1, -0.05) is 24.6 Å². The molecule has 3 N–H and O–H groups in total. The van der Waals surface area contributed by atoms with Crippen molar-refractivity contribution in [1.29, 1.82) is 0 Å². The van der Waals surface area contributed by atoms with Crippen LogP contribution >= 0.6 is 0 Å². The smallest absolute Gasteiger partial charge is 0.238 e. The number of likely N-dealkylation sites (tertiary alicyclic amines) is 1. The molecule has 1 aliphatic heterocycles. The van der Waals surface area contributed by atoms with Crippen LogP contribution in [0.3, 0.4) is 0 Å². The van der Waals surface area contributed by atoms with Crippen molar-refractivity contribution in [2.45, 2.75) is 26.3 Å². The van der Waals surface area contributed by atoms with Gasteiger partial charge >= 0.3 is 0 Å². The third kappa shape index (κ3) is 4.33. The average Bonchev–Trinajstić information content (AvgIpc) is 2.30. The summed E-state index contributed by atoms with van der Waals surface area (Å²) in [6.07, 6.45) is 1.05. The van der Waals surface area contributed by atoms with Crippen molar-refractivity contribution in [3.8, 4) is 0 Å². The number of rotatable bonds is 3. The highest BCUT2D eigenvalue weighted by molar-refractivity contribution is 5.92. The normalized spacial score (nSPS) is 24.2. The molecule has 0 aliphatic carbocycles. The Morgan fingerprint density at radius 2 is 2.05 bits per heavy atom. The summed E-state index contributed by atoms with van der Waals surface area (Å²) in [5.74, 6) is 0.598. The molecular weight excluding hydrogens is 238 g/mol. The Kier molecular flexibility index (Phi) is 4.56. The van der Waals surface area contributed by atoms with Crippen LogP contribution in [-0.2, 0) is 4.79 Å². The summed E-state index contributed by atoms with van der Waals surface area (Å²) in [4.78, 5) is 14.1. The van der Waals surface area contributed by atoms with Gasteiger partial charge in [0.05, 0.1) is 6.54 Å². The maximum atomic E-state index is 12.0. The molecule has 0 aromatic heterocycles. The molecule has 0 spiro atoms. The summed E-state index contributed by atoms with van der Waals surface area (Å²) in [7, 11) is 0. The number of nitrogens with one attached hydrogen (secondary N) is 1. The predicted molar refractivity (Wildman–Crippen MR) is 78.0 cm³/mol. The molecule has 1 heterocycles. The number of piperidine rings is 1. The second-order valence-electron chi connectivity index (χ2n) is 5.71. The summed E-state index contributed by atoms with van der Waals surface area (Å²) >= 11 is 0. The first-order valence-electron chi connectivity index (χ1n) is 6.87. The van der Waals surface area contributed by atoms with Gasteiger partial charge in [-0.2, -0.15) is 0 Å². The minimum atomic E-state index is 0.0325. The Morgan fingerprint density at radius 1 is 1.37 bits per heavy atom. The molecule has 4 heteroatoms. The summed E-state index contributed by atoms with van der Waals surface area (Å²) in [5, 5.41) is 2.92. The minimum Gasteiger partial charge on any atom is -0.327 e. The van der Waals surface area contributed by atoms with E-state index in [1.807, 2.05) is 31.2 Å². The lowest BCUT2D eigenvalue weighted by Gasteiger charge is -2.34. The van der Waals surface area contributed by atoms with E-state index < -0.39 is 0 Å². The SMILES string of the molecule is Cc1ccc(NC(=O)CN2CC(C)CC(N)C2)cc1. The van der Waals surface area contributed by atoms with Gasteiger partial charge in [-0.25, -0.2) is 0 Å². The fraction of sp³-hybridized carbons (Fsp3) is 0.533. The van der Waals surface area contributed by atoms with Crippen LogP contribution in [0.2, 0.25) is 0 Å². The second-order valence-corrected chi connectivity index (χ2v) is 5.71. The van der Waals surface area contributed by atoms with Crippen LogP contribution in [0.4, 0.5) is 5.69 Å². The second kappa shape index (κ2) is 6.17. The number of nitrogens with two attached hydrogens (primary N) is 1. The molecule has 2 rings (SSSR count). The van der Waals surface area contributed by atoms with E-state index in [0.29, 0.717) is 12.5 Å². The molecule has 1 amide bonds. The highest BCUT2D eigenvalue weighted by Crippen LogP contribution is 2.15. The molecule has 1 fully saturated rings. The summed E-state index contributed by atoms with van der Waals surface area (Å²) < 4.78 is 0. The molecule has 2 atom stereocenters. The highest BCUT2D eigenvalue weighted by atomic mass is 16.2. The van der Waals surface area contributed by atoms with Crippen molar-refractivity contribution in [3.63, 3.8) is 0 Å². The zero-order valence-corrected chi connectivity index (χ0v) is 11.7. The molecule has 1 saturated heterocycles. The van der Waals surface area contributed by atoms with Crippen molar-refractivity contribution < 1.29 is 4.79 Å². The molecule has 1 aromatic carbocycles. The van der Waals surface area contributed by atoms with E-state index >= 15 is 0 Å². The van der Waals surface area contributed by atoms with Crippen molar-refractivity contribution in [1.82, 2.24) is 4.90 Å². The number of carbonyl (C=O) groups excluding carboxylic acids is 1. The number of amides is 1. The van der Waals surface area contributed by atoms with Crippen molar-refractivity contribution in [2.24, 2.45) is 11.7 Å². The van der Waals surface area contributed by atoms with Crippen LogP contribution in [-0.4, -0.2) is 36.5 Å². The maximum absolute atomic E-state index is 12.0. The first-order chi connectivity index (χ1) is 9.02. The number of hydrogen-bond acceptors (Lipinski definition) is 3. The van der Waals surface area contributed by atoms with Gasteiger partial charge in [0.15, 0.2) is 0 Å². The molecular formula is C15H23N3O. The molecule has 104 valence electrons. The van der Waals surface area contributed by atoms with Crippen molar-refractivity contribution in [2.75, 3.05) is 25.0 Å². The number of anilines is 1. The van der Waals surface area contributed by atoms with Gasteiger partial charge in [0.2, 0.25) is 5.91 Å². The summed E-state index contributed by atoms with van der Waals surface area (Å²) in [5.41, 5.74) is 8.03. The van der Waals surface area contributed by atoms with Gasteiger partial charge in [0.1, 0.15) is 0 Å². The monoisotopic (exact) mass is 261 g/mol. The van der Waals surface area contributed by atoms with Gasteiger partial charge in [-0.05, 0) is 31.4 Å². The van der Waals surface area contributed by atoms with E-state index in [-0.39, 0.29) is 11.9 Å². The Balaban J connectivity index is 1.85. The number of nitrogens with zero attached hydrogens (tertiary/aromatic N) is 1. The fourth-order valence-corrected chi connectivity index (χ4v) is 2.68. The van der Waals surface area contributed by atoms with Gasteiger partial charge in [-0.3, -0.25) is 9.69 Å². The van der Waals surface area contributed by atoms with E-state index in [1.54, 1.807) is 0 Å². The predicted octanol–water partition coefficient (Wildman–Crippen LogP) is 1.60. The Morgan fingerprint density at radius 3 is 2.68 bits per heavy atom. The first-order valence-corrected chi connectivity index (χ1v) is 6.87. The molecule has 4 nitrogen and oxygen atoms in total. The summed E-state index contributed by atoms with van der Waals surface area (Å²) in [6.45, 7) is 6.40. The lowest BCUT2D eigenvalue weighted by molar-refractivity contribution is -0.117. The van der Waals surface area contributed by atoms with Gasteiger partial charge < -0.3 is 11.1 Å². The van der Waals surface area contributed by atoms with Crippen LogP contribution in [0.1, 0.15) is 18.9 Å². The summed E-state index contributed by atoms with van der Waals surface area (Å²) in [6, 6.07) is 8.04. The molecule has 0 radical (unpaired) electrons.